The van der Waals surface area contributed by atoms with E-state index in [-0.39, 0.29) is 0 Å². The summed E-state index contributed by atoms with van der Waals surface area (Å²) in [5.41, 5.74) is 0. The third-order valence-electron chi connectivity index (χ3n) is 2.18. The van der Waals surface area contributed by atoms with Gasteiger partial charge in [0.1, 0.15) is 5.82 Å². The Morgan fingerprint density at radius 3 is 2.75 bits per heavy atom. The van der Waals surface area contributed by atoms with Crippen molar-refractivity contribution in [3.8, 4) is 0 Å². The van der Waals surface area contributed by atoms with Gasteiger partial charge in [-0.25, -0.2) is 4.98 Å². The zero-order valence-corrected chi connectivity index (χ0v) is 9.37. The van der Waals surface area contributed by atoms with Gasteiger partial charge in [0.25, 0.3) is 0 Å². The predicted molar refractivity (Wildman–Crippen MR) is 54.7 cm³/mol. The monoisotopic (exact) mass is 230 g/mol. The second-order valence-corrected chi connectivity index (χ2v) is 4.48. The van der Waals surface area contributed by atoms with Crippen LogP contribution in [0.4, 0.5) is 0 Å². The smallest absolute Gasteiger partial charge is 0.112 e. The summed E-state index contributed by atoms with van der Waals surface area (Å²) in [6, 6.07) is 0. The van der Waals surface area contributed by atoms with Gasteiger partial charge in [0.2, 0.25) is 0 Å². The molecule has 12 heavy (non-hydrogen) atoms. The average molecular weight is 231 g/mol. The number of nitrogens with zero attached hydrogens (tertiary/aromatic N) is 2. The van der Waals surface area contributed by atoms with Gasteiger partial charge in [-0.05, 0) is 6.92 Å². The first-order valence-corrected chi connectivity index (χ1v) is 5.23. The minimum atomic E-state index is 0.472. The Labute approximate surface area is 82.1 Å². The van der Waals surface area contributed by atoms with Crippen LogP contribution in [0, 0.1) is 0 Å². The van der Waals surface area contributed by atoms with E-state index in [0.717, 1.165) is 6.54 Å². The molecule has 2 atom stereocenters. The molecule has 0 aliphatic heterocycles. The van der Waals surface area contributed by atoms with E-state index in [4.69, 9.17) is 0 Å². The normalized spacial score (nSPS) is 16.0. The Kier molecular flexibility index (Phi) is 3.32. The molecule has 0 bridgehead atoms. The number of hydrogen-bond acceptors (Lipinski definition) is 1. The molecule has 3 heteroatoms. The first kappa shape index (κ1) is 9.78. The molecule has 1 heterocycles. The van der Waals surface area contributed by atoms with Crippen molar-refractivity contribution in [1.82, 2.24) is 9.55 Å². The molecule has 1 rings (SSSR count). The lowest BCUT2D eigenvalue weighted by atomic mass is 10.1. The number of rotatable bonds is 3. The van der Waals surface area contributed by atoms with Crippen molar-refractivity contribution in [1.29, 1.82) is 0 Å². The zero-order chi connectivity index (χ0) is 9.14. The van der Waals surface area contributed by atoms with Gasteiger partial charge in [0, 0.05) is 29.7 Å². The third-order valence-corrected chi connectivity index (χ3v) is 2.98. The highest BCUT2D eigenvalue weighted by atomic mass is 79.9. The number of hydrogen-bond donors (Lipinski definition) is 0. The van der Waals surface area contributed by atoms with Crippen LogP contribution in [-0.2, 0) is 6.54 Å². The first-order chi connectivity index (χ1) is 5.66. The summed E-state index contributed by atoms with van der Waals surface area (Å²) in [4.78, 5) is 4.82. The summed E-state index contributed by atoms with van der Waals surface area (Å²) in [5.74, 6) is 1.64. The number of imidazole rings is 1. The number of aryl methyl sites for hydroxylation is 1. The second-order valence-electron chi connectivity index (χ2n) is 3.04. The molecule has 0 saturated carbocycles. The van der Waals surface area contributed by atoms with Crippen LogP contribution in [0.2, 0.25) is 0 Å². The van der Waals surface area contributed by atoms with Crippen LogP contribution in [0.1, 0.15) is 32.5 Å². The average Bonchev–Trinajstić information content (AvgIpc) is 2.49. The predicted octanol–water partition coefficient (Wildman–Crippen LogP) is 2.79. The molecular formula is C9H15BrN2. The highest BCUT2D eigenvalue weighted by Gasteiger charge is 2.15. The summed E-state index contributed by atoms with van der Waals surface area (Å²) in [5, 5.41) is 0. The molecule has 0 radical (unpaired) electrons. The van der Waals surface area contributed by atoms with Crippen molar-refractivity contribution in [3.63, 3.8) is 0 Å². The van der Waals surface area contributed by atoms with Gasteiger partial charge in [-0.15, -0.1) is 0 Å². The fourth-order valence-electron chi connectivity index (χ4n) is 1.19. The molecule has 0 aliphatic carbocycles. The number of halogens is 1. The number of aromatic nitrogens is 2. The van der Waals surface area contributed by atoms with E-state index in [1.54, 1.807) is 0 Å². The summed E-state index contributed by atoms with van der Waals surface area (Å²) in [6.45, 7) is 7.48. The van der Waals surface area contributed by atoms with E-state index in [1.165, 1.54) is 5.82 Å². The lowest BCUT2D eigenvalue weighted by molar-refractivity contribution is 0.620. The van der Waals surface area contributed by atoms with Gasteiger partial charge in [-0.1, -0.05) is 29.8 Å². The Morgan fingerprint density at radius 1 is 1.58 bits per heavy atom. The van der Waals surface area contributed by atoms with Gasteiger partial charge in [0.05, 0.1) is 0 Å². The lowest BCUT2D eigenvalue weighted by Gasteiger charge is -2.14. The molecule has 1 aromatic heterocycles. The van der Waals surface area contributed by atoms with E-state index in [2.05, 4.69) is 46.3 Å². The van der Waals surface area contributed by atoms with E-state index in [1.807, 2.05) is 12.4 Å². The SMILES string of the molecule is CCn1ccnc1C(C)C(C)Br. The van der Waals surface area contributed by atoms with Crippen molar-refractivity contribution in [2.75, 3.05) is 0 Å². The highest BCUT2D eigenvalue weighted by molar-refractivity contribution is 9.09. The van der Waals surface area contributed by atoms with Crippen molar-refractivity contribution in [3.05, 3.63) is 18.2 Å². The Hall–Kier alpha value is -0.310. The second kappa shape index (κ2) is 4.08. The minimum absolute atomic E-state index is 0.472. The van der Waals surface area contributed by atoms with Gasteiger partial charge in [0.15, 0.2) is 0 Å². The van der Waals surface area contributed by atoms with Crippen LogP contribution in [0.25, 0.3) is 0 Å². The summed E-state index contributed by atoms with van der Waals surface area (Å²) in [6.07, 6.45) is 3.89. The van der Waals surface area contributed by atoms with Gasteiger partial charge in [-0.2, -0.15) is 0 Å². The van der Waals surface area contributed by atoms with Crippen LogP contribution in [0.5, 0.6) is 0 Å². The fraction of sp³-hybridized carbons (Fsp3) is 0.667. The maximum Gasteiger partial charge on any atom is 0.112 e. The summed E-state index contributed by atoms with van der Waals surface area (Å²) >= 11 is 3.57. The Balaban J connectivity index is 2.86. The maximum absolute atomic E-state index is 4.34. The molecule has 2 nitrogen and oxygen atoms in total. The van der Waals surface area contributed by atoms with E-state index >= 15 is 0 Å². The Bertz CT molecular complexity index is 242. The minimum Gasteiger partial charge on any atom is -0.335 e. The van der Waals surface area contributed by atoms with Crippen LogP contribution in [0.3, 0.4) is 0 Å². The maximum atomic E-state index is 4.34. The van der Waals surface area contributed by atoms with Crippen molar-refractivity contribution in [2.45, 2.75) is 38.1 Å². The summed E-state index contributed by atoms with van der Waals surface area (Å²) < 4.78 is 2.18. The Morgan fingerprint density at radius 2 is 2.25 bits per heavy atom. The molecule has 1 aromatic rings. The molecular weight excluding hydrogens is 216 g/mol. The fourth-order valence-corrected chi connectivity index (χ4v) is 1.43. The molecule has 0 aromatic carbocycles. The topological polar surface area (TPSA) is 17.8 Å². The standard InChI is InChI=1S/C9H15BrN2/c1-4-12-6-5-11-9(12)7(2)8(3)10/h5-8H,4H2,1-3H3. The van der Waals surface area contributed by atoms with Crippen LogP contribution in [0.15, 0.2) is 12.4 Å². The van der Waals surface area contributed by atoms with Crippen molar-refractivity contribution >= 4 is 15.9 Å². The molecule has 2 unspecified atom stereocenters. The van der Waals surface area contributed by atoms with Crippen LogP contribution in [-0.4, -0.2) is 14.4 Å². The third kappa shape index (κ3) is 1.89. The van der Waals surface area contributed by atoms with Crippen molar-refractivity contribution in [2.24, 2.45) is 0 Å². The molecule has 0 spiro atoms. The zero-order valence-electron chi connectivity index (χ0n) is 7.79. The van der Waals surface area contributed by atoms with E-state index in [0.29, 0.717) is 10.7 Å². The largest absolute Gasteiger partial charge is 0.335 e. The van der Waals surface area contributed by atoms with Crippen LogP contribution >= 0.6 is 15.9 Å². The quantitative estimate of drug-likeness (QED) is 0.731. The first-order valence-electron chi connectivity index (χ1n) is 4.32. The molecule has 0 amide bonds. The molecule has 0 N–H and O–H groups in total. The van der Waals surface area contributed by atoms with E-state index in [9.17, 15) is 0 Å². The van der Waals surface area contributed by atoms with Gasteiger partial charge in [-0.3, -0.25) is 0 Å². The highest BCUT2D eigenvalue weighted by Crippen LogP contribution is 2.22. The lowest BCUT2D eigenvalue weighted by Crippen LogP contribution is -2.11. The molecule has 0 fully saturated rings. The van der Waals surface area contributed by atoms with Gasteiger partial charge >= 0.3 is 0 Å². The molecule has 68 valence electrons. The molecule has 0 saturated heterocycles. The van der Waals surface area contributed by atoms with Gasteiger partial charge < -0.3 is 4.57 Å². The summed E-state index contributed by atoms with van der Waals surface area (Å²) in [7, 11) is 0. The number of alkyl halides is 1. The van der Waals surface area contributed by atoms with Crippen LogP contribution < -0.4 is 0 Å². The molecule has 0 aliphatic rings. The van der Waals surface area contributed by atoms with E-state index < -0.39 is 0 Å². The van der Waals surface area contributed by atoms with Crippen molar-refractivity contribution < 1.29 is 0 Å².